The fraction of sp³-hybridized carbons (Fsp3) is 0.258. The smallest absolute Gasteiger partial charge is 0.258 e. The lowest BCUT2D eigenvalue weighted by molar-refractivity contribution is 0.102. The summed E-state index contributed by atoms with van der Waals surface area (Å²) in [5.74, 6) is 2.70. The van der Waals surface area contributed by atoms with E-state index in [4.69, 9.17) is 11.2 Å². The number of amides is 1. The molecule has 1 N–H and O–H groups in total. The molecule has 0 unspecified atom stereocenters. The van der Waals surface area contributed by atoms with Crippen LogP contribution < -0.4 is 15.0 Å². The molecule has 0 aliphatic heterocycles. The molecule has 4 rings (SSSR count). The van der Waals surface area contributed by atoms with Gasteiger partial charge in [0.05, 0.1) is 22.5 Å². The van der Waals surface area contributed by atoms with Gasteiger partial charge in [-0.1, -0.05) is 12.8 Å². The molecule has 4 aromatic rings. The first kappa shape index (κ1) is 29.1. The number of aryl methyl sites for hydroxylation is 1. The van der Waals surface area contributed by atoms with Crippen molar-refractivity contribution in [2.24, 2.45) is 0 Å². The highest BCUT2D eigenvalue weighted by Crippen LogP contribution is 2.31. The van der Waals surface area contributed by atoms with Gasteiger partial charge in [0.25, 0.3) is 5.91 Å². The van der Waals surface area contributed by atoms with Gasteiger partial charge in [0.2, 0.25) is 5.88 Å². The normalized spacial score (nSPS) is 10.8. The predicted molar refractivity (Wildman–Crippen MR) is 158 cm³/mol. The lowest BCUT2D eigenvalue weighted by Crippen LogP contribution is -2.25. The van der Waals surface area contributed by atoms with E-state index in [1.165, 1.54) is 24.5 Å². The molecule has 0 radical (unpaired) electrons. The van der Waals surface area contributed by atoms with Crippen LogP contribution in [-0.4, -0.2) is 65.0 Å². The highest BCUT2D eigenvalue weighted by molar-refractivity contribution is 6.06. The molecule has 2 heterocycles. The first-order valence-corrected chi connectivity index (χ1v) is 13.2. The zero-order chi connectivity index (χ0) is 29.4. The lowest BCUT2D eigenvalue weighted by Gasteiger charge is -2.24. The number of carbonyl (C=O) groups is 1. The Kier molecular flexibility index (Phi) is 9.55. The molecule has 0 aliphatic rings. The van der Waals surface area contributed by atoms with Crippen LogP contribution in [0.4, 0.5) is 15.8 Å². The molecule has 0 aliphatic carbocycles. The molecule has 210 valence electrons. The SMILES string of the molecule is C#Cc1ccc(N(C)CCCN(C)C)c(NC(=O)c2cc(Oc3ncccc3-c3ncnc(CC)n3)ccc2F)c1. The monoisotopic (exact) mass is 553 g/mol. The second kappa shape index (κ2) is 13.5. The van der Waals surface area contributed by atoms with Crippen molar-refractivity contribution in [3.8, 4) is 35.4 Å². The minimum absolute atomic E-state index is 0.194. The van der Waals surface area contributed by atoms with Crippen LogP contribution >= 0.6 is 0 Å². The van der Waals surface area contributed by atoms with E-state index in [0.717, 1.165) is 25.2 Å². The van der Waals surface area contributed by atoms with Crippen molar-refractivity contribution in [3.05, 3.63) is 83.8 Å². The number of halogens is 1. The van der Waals surface area contributed by atoms with Crippen LogP contribution in [0.25, 0.3) is 11.4 Å². The first-order chi connectivity index (χ1) is 19.8. The summed E-state index contributed by atoms with van der Waals surface area (Å²) in [5, 5.41) is 2.84. The van der Waals surface area contributed by atoms with E-state index >= 15 is 0 Å². The summed E-state index contributed by atoms with van der Waals surface area (Å²) in [6, 6.07) is 12.8. The van der Waals surface area contributed by atoms with Crippen molar-refractivity contribution in [3.63, 3.8) is 0 Å². The van der Waals surface area contributed by atoms with Gasteiger partial charge in [-0.05, 0) is 75.6 Å². The van der Waals surface area contributed by atoms with E-state index < -0.39 is 11.7 Å². The molecular formula is C31H32FN7O2. The molecule has 0 fully saturated rings. The van der Waals surface area contributed by atoms with E-state index in [-0.39, 0.29) is 17.2 Å². The number of hydrogen-bond acceptors (Lipinski definition) is 8. The Bertz CT molecular complexity index is 1570. The molecule has 41 heavy (non-hydrogen) atoms. The molecule has 0 spiro atoms. The zero-order valence-corrected chi connectivity index (χ0v) is 23.6. The van der Waals surface area contributed by atoms with Crippen LogP contribution in [0, 0.1) is 18.2 Å². The summed E-state index contributed by atoms with van der Waals surface area (Å²) >= 11 is 0. The third-order valence-electron chi connectivity index (χ3n) is 6.27. The Labute approximate surface area is 239 Å². The van der Waals surface area contributed by atoms with E-state index in [0.29, 0.717) is 34.9 Å². The summed E-state index contributed by atoms with van der Waals surface area (Å²) in [7, 11) is 5.97. The maximum Gasteiger partial charge on any atom is 0.258 e. The van der Waals surface area contributed by atoms with E-state index in [2.05, 4.69) is 36.1 Å². The van der Waals surface area contributed by atoms with Crippen LogP contribution in [-0.2, 0) is 6.42 Å². The van der Waals surface area contributed by atoms with Crippen LogP contribution in [0.1, 0.15) is 35.1 Å². The van der Waals surface area contributed by atoms with Crippen molar-refractivity contribution >= 4 is 17.3 Å². The number of rotatable bonds is 11. The zero-order valence-electron chi connectivity index (χ0n) is 23.6. The van der Waals surface area contributed by atoms with Gasteiger partial charge >= 0.3 is 0 Å². The molecule has 0 saturated heterocycles. The highest BCUT2D eigenvalue weighted by atomic mass is 19.1. The minimum atomic E-state index is -0.699. The summed E-state index contributed by atoms with van der Waals surface area (Å²) < 4.78 is 20.9. The maximum absolute atomic E-state index is 14.9. The fourth-order valence-corrected chi connectivity index (χ4v) is 4.12. The Morgan fingerprint density at radius 3 is 2.66 bits per heavy atom. The van der Waals surface area contributed by atoms with E-state index in [1.807, 2.05) is 45.1 Å². The quantitative estimate of drug-likeness (QED) is 0.258. The van der Waals surface area contributed by atoms with Crippen molar-refractivity contribution in [1.29, 1.82) is 0 Å². The summed E-state index contributed by atoms with van der Waals surface area (Å²) in [5.41, 5.74) is 2.19. The van der Waals surface area contributed by atoms with Crippen molar-refractivity contribution < 1.29 is 13.9 Å². The summed E-state index contributed by atoms with van der Waals surface area (Å²) in [6.07, 6.45) is 10.2. The second-order valence-electron chi connectivity index (χ2n) is 9.59. The number of nitrogens with one attached hydrogen (secondary N) is 1. The number of hydrogen-bond donors (Lipinski definition) is 1. The van der Waals surface area contributed by atoms with Crippen LogP contribution in [0.3, 0.4) is 0 Å². The van der Waals surface area contributed by atoms with Crippen LogP contribution in [0.15, 0.2) is 61.1 Å². The number of ether oxygens (including phenoxy) is 1. The number of carbonyl (C=O) groups excluding carboxylic acids is 1. The number of anilines is 2. The molecule has 1 amide bonds. The maximum atomic E-state index is 14.9. The first-order valence-electron chi connectivity index (χ1n) is 13.2. The Hall–Kier alpha value is -4.88. The van der Waals surface area contributed by atoms with Gasteiger partial charge < -0.3 is 19.9 Å². The number of benzene rings is 2. The van der Waals surface area contributed by atoms with Crippen molar-refractivity contribution in [2.45, 2.75) is 19.8 Å². The number of terminal acetylenes is 1. The Balaban J connectivity index is 1.59. The van der Waals surface area contributed by atoms with Crippen LogP contribution in [0.2, 0.25) is 0 Å². The predicted octanol–water partition coefficient (Wildman–Crippen LogP) is 5.05. The number of pyridine rings is 1. The van der Waals surface area contributed by atoms with E-state index in [9.17, 15) is 9.18 Å². The Morgan fingerprint density at radius 2 is 1.90 bits per heavy atom. The highest BCUT2D eigenvalue weighted by Gasteiger charge is 2.18. The third-order valence-corrected chi connectivity index (χ3v) is 6.27. The minimum Gasteiger partial charge on any atom is -0.438 e. The number of aromatic nitrogens is 4. The third kappa shape index (κ3) is 7.41. The van der Waals surface area contributed by atoms with Gasteiger partial charge in [-0.3, -0.25) is 4.79 Å². The molecule has 0 atom stereocenters. The van der Waals surface area contributed by atoms with Gasteiger partial charge in [-0.25, -0.2) is 24.3 Å². The molecular weight excluding hydrogens is 521 g/mol. The van der Waals surface area contributed by atoms with Crippen molar-refractivity contribution in [2.75, 3.05) is 44.4 Å². The standard InChI is InChI=1S/C31H32FN7O2/c1-6-21-11-14-27(39(5)17-9-16-38(3)4)26(18-21)36-30(40)24-19-22(12-13-25(24)32)41-31-23(10-8-15-33-31)29-35-20-34-28(7-2)37-29/h1,8,10-15,18-20H,7,9,16-17H2,2-5H3,(H,36,40). The lowest BCUT2D eigenvalue weighted by atomic mass is 10.1. The topological polar surface area (TPSA) is 96.4 Å². The van der Waals surface area contributed by atoms with Gasteiger partial charge in [0.15, 0.2) is 5.82 Å². The van der Waals surface area contributed by atoms with Gasteiger partial charge in [0.1, 0.15) is 23.7 Å². The van der Waals surface area contributed by atoms with Crippen LogP contribution in [0.5, 0.6) is 11.6 Å². The van der Waals surface area contributed by atoms with Gasteiger partial charge in [-0.15, -0.1) is 6.42 Å². The Morgan fingerprint density at radius 1 is 1.07 bits per heavy atom. The number of nitrogens with zero attached hydrogens (tertiary/aromatic N) is 6. The summed E-state index contributed by atoms with van der Waals surface area (Å²) in [4.78, 5) is 34.6. The molecule has 2 aromatic heterocycles. The summed E-state index contributed by atoms with van der Waals surface area (Å²) in [6.45, 7) is 3.61. The van der Waals surface area contributed by atoms with Crippen molar-refractivity contribution in [1.82, 2.24) is 24.8 Å². The van der Waals surface area contributed by atoms with Gasteiger partial charge in [-0.2, -0.15) is 0 Å². The fourth-order valence-electron chi connectivity index (χ4n) is 4.12. The average Bonchev–Trinajstić information content (AvgIpc) is 2.98. The molecule has 0 bridgehead atoms. The second-order valence-corrected chi connectivity index (χ2v) is 9.59. The van der Waals surface area contributed by atoms with Gasteiger partial charge in [0, 0.05) is 31.8 Å². The molecule has 0 saturated carbocycles. The molecule has 10 heteroatoms. The molecule has 2 aromatic carbocycles. The molecule has 9 nitrogen and oxygen atoms in total. The van der Waals surface area contributed by atoms with E-state index in [1.54, 1.807) is 24.4 Å². The average molecular weight is 554 g/mol. The largest absolute Gasteiger partial charge is 0.438 e.